The van der Waals surface area contributed by atoms with Gasteiger partial charge in [0.25, 0.3) is 5.91 Å². The molecule has 0 radical (unpaired) electrons. The molecule has 0 aliphatic carbocycles. The molecule has 1 aliphatic heterocycles. The van der Waals surface area contributed by atoms with E-state index < -0.39 is 5.97 Å². The number of rotatable bonds is 5. The number of anilines is 1. The minimum Gasteiger partial charge on any atom is -0.497 e. The molecule has 31 heavy (non-hydrogen) atoms. The second-order valence-corrected chi connectivity index (χ2v) is 6.74. The van der Waals surface area contributed by atoms with Crippen molar-refractivity contribution in [2.24, 2.45) is 4.99 Å². The van der Waals surface area contributed by atoms with Gasteiger partial charge in [-0.25, -0.2) is 14.2 Å². The second-order valence-electron chi connectivity index (χ2n) is 6.74. The molecule has 0 saturated carbocycles. The van der Waals surface area contributed by atoms with Gasteiger partial charge in [0, 0.05) is 5.56 Å². The third-order valence-corrected chi connectivity index (χ3v) is 4.75. The molecule has 0 fully saturated rings. The maximum atomic E-state index is 13.4. The Morgan fingerprint density at radius 1 is 1.00 bits per heavy atom. The summed E-state index contributed by atoms with van der Waals surface area (Å²) in [6, 6.07) is 18.8. The highest BCUT2D eigenvalue weighted by Crippen LogP contribution is 2.29. The monoisotopic (exact) mass is 416 g/mol. The van der Waals surface area contributed by atoms with E-state index in [-0.39, 0.29) is 23.0 Å². The Bertz CT molecular complexity index is 1200. The van der Waals surface area contributed by atoms with Gasteiger partial charge < -0.3 is 9.84 Å². The highest BCUT2D eigenvalue weighted by atomic mass is 19.1. The molecular weight excluding hydrogens is 399 g/mol. The second kappa shape index (κ2) is 8.23. The zero-order chi connectivity index (χ0) is 22.0. The van der Waals surface area contributed by atoms with E-state index in [0.29, 0.717) is 28.4 Å². The molecule has 0 bridgehead atoms. The van der Waals surface area contributed by atoms with Crippen LogP contribution in [0.25, 0.3) is 6.08 Å². The lowest BCUT2D eigenvalue weighted by Crippen LogP contribution is -2.32. The lowest BCUT2D eigenvalue weighted by Gasteiger charge is -2.18. The number of carboxylic acids is 1. The van der Waals surface area contributed by atoms with Crippen LogP contribution >= 0.6 is 0 Å². The molecule has 1 heterocycles. The standard InChI is InChI=1S/C24H17FN2O4/c1-31-20-12-10-19(11-13-20)27-22(16-6-8-18(25)9-7-16)26-21(23(27)28)14-15-2-4-17(5-3-15)24(29)30/h2-14H,1H3,(H,29,30)/b21-14+. The van der Waals surface area contributed by atoms with Crippen molar-refractivity contribution in [1.29, 1.82) is 0 Å². The number of aliphatic imine (C=N–C) groups is 1. The van der Waals surface area contributed by atoms with Gasteiger partial charge in [-0.2, -0.15) is 0 Å². The first-order valence-electron chi connectivity index (χ1n) is 9.34. The Morgan fingerprint density at radius 2 is 1.65 bits per heavy atom. The van der Waals surface area contributed by atoms with E-state index in [1.807, 2.05) is 0 Å². The van der Waals surface area contributed by atoms with E-state index in [0.717, 1.165) is 0 Å². The van der Waals surface area contributed by atoms with Crippen LogP contribution in [0.3, 0.4) is 0 Å². The average Bonchev–Trinajstić information content (AvgIpc) is 3.10. The van der Waals surface area contributed by atoms with Gasteiger partial charge in [-0.3, -0.25) is 9.69 Å². The number of hydrogen-bond acceptors (Lipinski definition) is 4. The summed E-state index contributed by atoms with van der Waals surface area (Å²) < 4.78 is 18.6. The Hall–Kier alpha value is -4.26. The molecule has 154 valence electrons. The molecule has 6 nitrogen and oxygen atoms in total. The number of halogens is 1. The molecule has 0 atom stereocenters. The Labute approximate surface area is 177 Å². The number of carboxylic acid groups (broad SMARTS) is 1. The zero-order valence-electron chi connectivity index (χ0n) is 16.4. The minimum atomic E-state index is -1.03. The molecule has 1 amide bonds. The molecule has 0 spiro atoms. The van der Waals surface area contributed by atoms with E-state index in [1.165, 1.54) is 29.2 Å². The van der Waals surface area contributed by atoms with Crippen molar-refractivity contribution < 1.29 is 23.8 Å². The number of amides is 1. The third kappa shape index (κ3) is 4.06. The molecule has 0 aromatic heterocycles. The smallest absolute Gasteiger partial charge is 0.335 e. The predicted molar refractivity (Wildman–Crippen MR) is 115 cm³/mol. The summed E-state index contributed by atoms with van der Waals surface area (Å²) in [5.74, 6) is -0.766. The van der Waals surface area contributed by atoms with Crippen molar-refractivity contribution in [3.63, 3.8) is 0 Å². The van der Waals surface area contributed by atoms with Gasteiger partial charge >= 0.3 is 5.97 Å². The van der Waals surface area contributed by atoms with Crippen molar-refractivity contribution in [3.8, 4) is 5.75 Å². The maximum absolute atomic E-state index is 13.4. The summed E-state index contributed by atoms with van der Waals surface area (Å²) in [4.78, 5) is 30.2. The van der Waals surface area contributed by atoms with Crippen LogP contribution in [0.5, 0.6) is 5.75 Å². The molecule has 3 aromatic rings. The van der Waals surface area contributed by atoms with Crippen molar-refractivity contribution in [3.05, 3.63) is 101 Å². The summed E-state index contributed by atoms with van der Waals surface area (Å²) in [7, 11) is 1.55. The van der Waals surface area contributed by atoms with Crippen LogP contribution in [0.1, 0.15) is 21.5 Å². The molecule has 0 unspecified atom stereocenters. The third-order valence-electron chi connectivity index (χ3n) is 4.75. The number of amidine groups is 1. The normalized spacial score (nSPS) is 14.6. The first-order valence-corrected chi connectivity index (χ1v) is 9.34. The molecule has 4 rings (SSSR count). The number of aromatic carboxylic acids is 1. The van der Waals surface area contributed by atoms with E-state index >= 15 is 0 Å². The largest absolute Gasteiger partial charge is 0.497 e. The summed E-state index contributed by atoms with van der Waals surface area (Å²) in [6.07, 6.45) is 1.58. The predicted octanol–water partition coefficient (Wildman–Crippen LogP) is 4.37. The molecular formula is C24H17FN2O4. The molecule has 1 N–H and O–H groups in total. The number of methoxy groups -OCH3 is 1. The maximum Gasteiger partial charge on any atom is 0.335 e. The topological polar surface area (TPSA) is 79.2 Å². The zero-order valence-corrected chi connectivity index (χ0v) is 16.4. The lowest BCUT2D eigenvalue weighted by molar-refractivity contribution is -0.113. The van der Waals surface area contributed by atoms with Crippen molar-refractivity contribution in [2.45, 2.75) is 0 Å². The van der Waals surface area contributed by atoms with Gasteiger partial charge in [0.15, 0.2) is 0 Å². The molecule has 0 saturated heterocycles. The van der Waals surface area contributed by atoms with Crippen LogP contribution in [0.15, 0.2) is 83.5 Å². The lowest BCUT2D eigenvalue weighted by atomic mass is 10.1. The summed E-state index contributed by atoms with van der Waals surface area (Å²) in [6.45, 7) is 0. The van der Waals surface area contributed by atoms with Gasteiger partial charge in [0.05, 0.1) is 18.4 Å². The van der Waals surface area contributed by atoms with Crippen LogP contribution in [0, 0.1) is 5.82 Å². The summed E-state index contributed by atoms with van der Waals surface area (Å²) >= 11 is 0. The van der Waals surface area contributed by atoms with Crippen LogP contribution in [-0.4, -0.2) is 29.9 Å². The number of ether oxygens (including phenoxy) is 1. The highest BCUT2D eigenvalue weighted by molar-refractivity contribution is 6.33. The Kier molecular flexibility index (Phi) is 5.32. The molecule has 7 heteroatoms. The number of hydrogen-bond donors (Lipinski definition) is 1. The molecule has 1 aliphatic rings. The number of nitrogens with zero attached hydrogens (tertiary/aromatic N) is 2. The van der Waals surface area contributed by atoms with Crippen LogP contribution < -0.4 is 9.64 Å². The van der Waals surface area contributed by atoms with Crippen LogP contribution in [0.2, 0.25) is 0 Å². The van der Waals surface area contributed by atoms with E-state index in [9.17, 15) is 14.0 Å². The van der Waals surface area contributed by atoms with Crippen molar-refractivity contribution >= 4 is 29.5 Å². The summed E-state index contributed by atoms with van der Waals surface area (Å²) in [5.41, 5.74) is 2.12. The van der Waals surface area contributed by atoms with Gasteiger partial charge in [0.2, 0.25) is 0 Å². The van der Waals surface area contributed by atoms with Crippen molar-refractivity contribution in [1.82, 2.24) is 0 Å². The van der Waals surface area contributed by atoms with E-state index in [1.54, 1.807) is 61.7 Å². The SMILES string of the molecule is COc1ccc(N2C(=O)/C(=C\c3ccc(C(=O)O)cc3)N=C2c2ccc(F)cc2)cc1. The van der Waals surface area contributed by atoms with Gasteiger partial charge in [-0.15, -0.1) is 0 Å². The Morgan fingerprint density at radius 3 is 2.23 bits per heavy atom. The number of carbonyl (C=O) groups is 2. The van der Waals surface area contributed by atoms with E-state index in [4.69, 9.17) is 9.84 Å². The fourth-order valence-corrected chi connectivity index (χ4v) is 3.16. The fourth-order valence-electron chi connectivity index (χ4n) is 3.16. The molecule has 3 aromatic carbocycles. The first kappa shape index (κ1) is 20.0. The quantitative estimate of drug-likeness (QED) is 0.627. The number of benzene rings is 3. The van der Waals surface area contributed by atoms with Gasteiger partial charge in [-0.05, 0) is 72.3 Å². The number of carbonyl (C=O) groups excluding carboxylic acids is 1. The van der Waals surface area contributed by atoms with Gasteiger partial charge in [0.1, 0.15) is 23.1 Å². The van der Waals surface area contributed by atoms with Crippen LogP contribution in [0.4, 0.5) is 10.1 Å². The highest BCUT2D eigenvalue weighted by Gasteiger charge is 2.32. The van der Waals surface area contributed by atoms with Crippen molar-refractivity contribution in [2.75, 3.05) is 12.0 Å². The van der Waals surface area contributed by atoms with Gasteiger partial charge in [-0.1, -0.05) is 12.1 Å². The van der Waals surface area contributed by atoms with Crippen LogP contribution in [-0.2, 0) is 4.79 Å². The Balaban J connectivity index is 1.77. The summed E-state index contributed by atoms with van der Waals surface area (Å²) in [5, 5.41) is 9.05. The first-order chi connectivity index (χ1) is 15.0. The average molecular weight is 416 g/mol. The minimum absolute atomic E-state index is 0.148. The fraction of sp³-hybridized carbons (Fsp3) is 0.0417. The van der Waals surface area contributed by atoms with E-state index in [2.05, 4.69) is 4.99 Å².